The number of hydrogen-bond donors (Lipinski definition) is 1. The van der Waals surface area contributed by atoms with Gasteiger partial charge in [-0.1, -0.05) is 5.16 Å². The first kappa shape index (κ1) is 16.7. The zero-order chi connectivity index (χ0) is 18.0. The molecule has 0 fully saturated rings. The minimum atomic E-state index is -0.994. The Balaban J connectivity index is 1.70. The van der Waals surface area contributed by atoms with E-state index >= 15 is 0 Å². The van der Waals surface area contributed by atoms with Crippen molar-refractivity contribution in [3.05, 3.63) is 77.0 Å². The molecular formula is C17H10F4N2O2. The molecule has 8 heteroatoms. The van der Waals surface area contributed by atoms with Crippen molar-refractivity contribution >= 4 is 5.91 Å². The van der Waals surface area contributed by atoms with Gasteiger partial charge in [0.05, 0.1) is 17.7 Å². The third-order valence-electron chi connectivity index (χ3n) is 3.36. The SMILES string of the molecule is O=C(NCc1cc(-c2ccc(F)cc2F)on1)c1ccc(F)cc1F. The molecule has 0 aliphatic rings. The van der Waals surface area contributed by atoms with E-state index in [4.69, 9.17) is 4.52 Å². The van der Waals surface area contributed by atoms with E-state index in [-0.39, 0.29) is 29.1 Å². The summed E-state index contributed by atoms with van der Waals surface area (Å²) in [4.78, 5) is 11.9. The average molecular weight is 350 g/mol. The lowest BCUT2D eigenvalue weighted by Gasteiger charge is -2.04. The summed E-state index contributed by atoms with van der Waals surface area (Å²) in [5.74, 6) is -4.05. The third-order valence-corrected chi connectivity index (χ3v) is 3.36. The van der Waals surface area contributed by atoms with Crippen molar-refractivity contribution in [3.63, 3.8) is 0 Å². The van der Waals surface area contributed by atoms with Gasteiger partial charge in [0.1, 0.15) is 29.0 Å². The highest BCUT2D eigenvalue weighted by Gasteiger charge is 2.15. The summed E-state index contributed by atoms with van der Waals surface area (Å²) in [6, 6.07) is 6.90. The largest absolute Gasteiger partial charge is 0.356 e. The fourth-order valence-corrected chi connectivity index (χ4v) is 2.15. The Morgan fingerprint density at radius 3 is 2.32 bits per heavy atom. The Hall–Kier alpha value is -3.16. The number of benzene rings is 2. The van der Waals surface area contributed by atoms with Crippen molar-refractivity contribution in [1.82, 2.24) is 10.5 Å². The maximum Gasteiger partial charge on any atom is 0.254 e. The number of nitrogens with zero attached hydrogens (tertiary/aromatic N) is 1. The first-order chi connectivity index (χ1) is 11.9. The molecule has 0 aliphatic heterocycles. The van der Waals surface area contributed by atoms with Crippen LogP contribution in [0.5, 0.6) is 0 Å². The quantitative estimate of drug-likeness (QED) is 0.728. The predicted octanol–water partition coefficient (Wildman–Crippen LogP) is 3.83. The number of hydrogen-bond acceptors (Lipinski definition) is 3. The van der Waals surface area contributed by atoms with Gasteiger partial charge in [0.2, 0.25) is 0 Å². The Morgan fingerprint density at radius 2 is 1.64 bits per heavy atom. The molecule has 2 aromatic carbocycles. The summed E-state index contributed by atoms with van der Waals surface area (Å²) in [5.41, 5.74) is -0.0691. The fourth-order valence-electron chi connectivity index (χ4n) is 2.15. The van der Waals surface area contributed by atoms with Crippen LogP contribution in [0.4, 0.5) is 17.6 Å². The maximum atomic E-state index is 13.7. The van der Waals surface area contributed by atoms with Gasteiger partial charge < -0.3 is 9.84 Å². The Kier molecular flexibility index (Phi) is 4.51. The van der Waals surface area contributed by atoms with Gasteiger partial charge in [-0.25, -0.2) is 17.6 Å². The number of nitrogens with one attached hydrogen (secondary N) is 1. The van der Waals surface area contributed by atoms with Crippen molar-refractivity contribution in [2.45, 2.75) is 6.54 Å². The summed E-state index contributed by atoms with van der Waals surface area (Å²) in [6.45, 7) is -0.123. The molecule has 0 bridgehead atoms. The smallest absolute Gasteiger partial charge is 0.254 e. The number of halogens is 4. The minimum absolute atomic E-state index is 0.0102. The van der Waals surface area contributed by atoms with E-state index in [9.17, 15) is 22.4 Å². The molecule has 0 saturated carbocycles. The monoisotopic (exact) mass is 350 g/mol. The zero-order valence-corrected chi connectivity index (χ0v) is 12.5. The highest BCUT2D eigenvalue weighted by atomic mass is 19.1. The maximum absolute atomic E-state index is 13.7. The van der Waals surface area contributed by atoms with Gasteiger partial charge in [0.15, 0.2) is 5.76 Å². The molecule has 0 aliphatic carbocycles. The summed E-state index contributed by atoms with van der Waals surface area (Å²) in [5, 5.41) is 6.04. The van der Waals surface area contributed by atoms with Crippen LogP contribution in [0.1, 0.15) is 16.1 Å². The number of rotatable bonds is 4. The second-order valence-corrected chi connectivity index (χ2v) is 5.11. The molecule has 4 nitrogen and oxygen atoms in total. The van der Waals surface area contributed by atoms with Crippen LogP contribution >= 0.6 is 0 Å². The van der Waals surface area contributed by atoms with Crippen LogP contribution in [0.2, 0.25) is 0 Å². The molecule has 1 aromatic heterocycles. The normalized spacial score (nSPS) is 10.7. The molecule has 1 amide bonds. The number of amides is 1. The molecule has 0 unspecified atom stereocenters. The summed E-state index contributed by atoms with van der Waals surface area (Å²) in [7, 11) is 0. The Labute approximate surface area is 139 Å². The van der Waals surface area contributed by atoms with E-state index in [0.29, 0.717) is 12.1 Å². The molecule has 0 atom stereocenters. The van der Waals surface area contributed by atoms with Gasteiger partial charge >= 0.3 is 0 Å². The second kappa shape index (κ2) is 6.76. The molecule has 3 aromatic rings. The molecule has 128 valence electrons. The van der Waals surface area contributed by atoms with Crippen molar-refractivity contribution in [1.29, 1.82) is 0 Å². The first-order valence-corrected chi connectivity index (χ1v) is 7.08. The average Bonchev–Trinajstić information content (AvgIpc) is 3.01. The molecule has 25 heavy (non-hydrogen) atoms. The lowest BCUT2D eigenvalue weighted by Crippen LogP contribution is -2.24. The topological polar surface area (TPSA) is 55.1 Å². The molecule has 1 N–H and O–H groups in total. The Bertz CT molecular complexity index is 940. The summed E-state index contributed by atoms with van der Waals surface area (Å²) < 4.78 is 57.9. The molecule has 0 saturated heterocycles. The second-order valence-electron chi connectivity index (χ2n) is 5.11. The lowest BCUT2D eigenvalue weighted by atomic mass is 10.1. The number of aromatic nitrogens is 1. The van der Waals surface area contributed by atoms with Crippen molar-refractivity contribution in [2.24, 2.45) is 0 Å². The van der Waals surface area contributed by atoms with Crippen molar-refractivity contribution in [3.8, 4) is 11.3 Å². The van der Waals surface area contributed by atoms with Crippen LogP contribution in [0.15, 0.2) is 47.0 Å². The highest BCUT2D eigenvalue weighted by molar-refractivity contribution is 5.94. The zero-order valence-electron chi connectivity index (χ0n) is 12.5. The third kappa shape index (κ3) is 3.68. The first-order valence-electron chi connectivity index (χ1n) is 7.08. The summed E-state index contributed by atoms with van der Waals surface area (Å²) in [6.07, 6.45) is 0. The van der Waals surface area contributed by atoms with Crippen LogP contribution in [-0.2, 0) is 6.54 Å². The number of carbonyl (C=O) groups is 1. The van der Waals surface area contributed by atoms with Crippen molar-refractivity contribution < 1.29 is 26.9 Å². The molecular weight excluding hydrogens is 340 g/mol. The predicted molar refractivity (Wildman–Crippen MR) is 79.4 cm³/mol. The lowest BCUT2D eigenvalue weighted by molar-refractivity contribution is 0.0946. The summed E-state index contributed by atoms with van der Waals surface area (Å²) >= 11 is 0. The van der Waals surface area contributed by atoms with Crippen LogP contribution in [-0.4, -0.2) is 11.1 Å². The number of carbonyl (C=O) groups excluding carboxylic acids is 1. The van der Waals surface area contributed by atoms with Gasteiger partial charge in [0, 0.05) is 18.2 Å². The van der Waals surface area contributed by atoms with E-state index in [2.05, 4.69) is 10.5 Å². The van der Waals surface area contributed by atoms with Gasteiger partial charge in [-0.05, 0) is 24.3 Å². The molecule has 1 heterocycles. The van der Waals surface area contributed by atoms with Crippen LogP contribution in [0.3, 0.4) is 0 Å². The van der Waals surface area contributed by atoms with Crippen LogP contribution in [0, 0.1) is 23.3 Å². The molecule has 0 spiro atoms. The van der Waals surface area contributed by atoms with Crippen molar-refractivity contribution in [2.75, 3.05) is 0 Å². The minimum Gasteiger partial charge on any atom is -0.356 e. The van der Waals surface area contributed by atoms with Gasteiger partial charge in [-0.15, -0.1) is 0 Å². The van der Waals surface area contributed by atoms with E-state index in [1.807, 2.05) is 0 Å². The molecule has 0 radical (unpaired) electrons. The van der Waals surface area contributed by atoms with Gasteiger partial charge in [-0.2, -0.15) is 0 Å². The highest BCUT2D eigenvalue weighted by Crippen LogP contribution is 2.24. The van der Waals surface area contributed by atoms with E-state index in [0.717, 1.165) is 18.2 Å². The standard InChI is InChI=1S/C17H10F4N2O2/c18-9-1-3-12(14(20)5-9)16-7-11(23-25-16)8-22-17(24)13-4-2-10(19)6-15(13)21/h1-7H,8H2,(H,22,24). The molecule has 3 rings (SSSR count). The Morgan fingerprint density at radius 1 is 0.960 bits per heavy atom. The van der Waals surface area contributed by atoms with E-state index in [1.165, 1.54) is 12.1 Å². The van der Waals surface area contributed by atoms with Crippen LogP contribution in [0.25, 0.3) is 11.3 Å². The van der Waals surface area contributed by atoms with Gasteiger partial charge in [0.25, 0.3) is 5.91 Å². The van der Waals surface area contributed by atoms with E-state index in [1.54, 1.807) is 0 Å². The van der Waals surface area contributed by atoms with Gasteiger partial charge in [-0.3, -0.25) is 4.79 Å². The fraction of sp³-hybridized carbons (Fsp3) is 0.0588. The van der Waals surface area contributed by atoms with Crippen LogP contribution < -0.4 is 5.32 Å². The van der Waals surface area contributed by atoms with E-state index < -0.39 is 29.2 Å².